The van der Waals surface area contributed by atoms with Crippen LogP contribution in [0.2, 0.25) is 0 Å². The number of benzene rings is 1. The van der Waals surface area contributed by atoms with E-state index in [0.29, 0.717) is 6.42 Å². The highest BCUT2D eigenvalue weighted by atomic mass is 16.7. The number of carbonyl (C=O) groups is 1. The van der Waals surface area contributed by atoms with E-state index in [4.69, 9.17) is 9.47 Å². The van der Waals surface area contributed by atoms with Gasteiger partial charge >= 0.3 is 0 Å². The summed E-state index contributed by atoms with van der Waals surface area (Å²) in [5.74, 6) is 1.63. The lowest BCUT2D eigenvalue weighted by molar-refractivity contribution is -0.114. The van der Waals surface area contributed by atoms with Crippen LogP contribution < -0.4 is 9.47 Å². The van der Waals surface area contributed by atoms with Crippen molar-refractivity contribution in [2.75, 3.05) is 6.79 Å². The summed E-state index contributed by atoms with van der Waals surface area (Å²) in [5, 5.41) is 0. The second kappa shape index (κ2) is 6.23. The van der Waals surface area contributed by atoms with E-state index in [1.54, 1.807) is 6.08 Å². The van der Waals surface area contributed by atoms with Crippen LogP contribution in [0.4, 0.5) is 0 Å². The van der Waals surface area contributed by atoms with Crippen LogP contribution >= 0.6 is 0 Å². The molecule has 0 radical (unpaired) electrons. The molecule has 1 aliphatic rings. The van der Waals surface area contributed by atoms with Gasteiger partial charge in [0.15, 0.2) is 17.3 Å². The van der Waals surface area contributed by atoms with Gasteiger partial charge in [-0.25, -0.2) is 0 Å². The lowest BCUT2D eigenvalue weighted by Gasteiger charge is -1.97. The van der Waals surface area contributed by atoms with Crippen LogP contribution in [0.1, 0.15) is 32.3 Å². The number of hydrogen-bond acceptors (Lipinski definition) is 3. The van der Waals surface area contributed by atoms with Crippen LogP contribution in [-0.4, -0.2) is 12.6 Å². The van der Waals surface area contributed by atoms with Crippen molar-refractivity contribution in [1.82, 2.24) is 0 Å². The molecule has 3 heteroatoms. The summed E-state index contributed by atoms with van der Waals surface area (Å²) in [6.07, 6.45) is 6.86. The van der Waals surface area contributed by atoms with E-state index in [9.17, 15) is 4.79 Å². The number of ketones is 1. The molecule has 0 spiro atoms. The Morgan fingerprint density at radius 1 is 1.26 bits per heavy atom. The average Bonchev–Trinajstić information content (AvgIpc) is 2.83. The Balaban J connectivity index is 1.91. The lowest BCUT2D eigenvalue weighted by atomic mass is 10.1. The maximum Gasteiger partial charge on any atom is 0.231 e. The van der Waals surface area contributed by atoms with Gasteiger partial charge in [0.05, 0.1) is 0 Å². The van der Waals surface area contributed by atoms with Crippen molar-refractivity contribution < 1.29 is 14.3 Å². The van der Waals surface area contributed by atoms with Crippen LogP contribution in [-0.2, 0) is 4.79 Å². The molecule has 0 saturated heterocycles. The highest BCUT2D eigenvalue weighted by Gasteiger charge is 2.12. The Kier molecular flexibility index (Phi) is 4.39. The number of hydrogen-bond donors (Lipinski definition) is 0. The summed E-state index contributed by atoms with van der Waals surface area (Å²) < 4.78 is 10.5. The quantitative estimate of drug-likeness (QED) is 0.596. The topological polar surface area (TPSA) is 35.5 Å². The highest BCUT2D eigenvalue weighted by Crippen LogP contribution is 2.32. The predicted molar refractivity (Wildman–Crippen MR) is 75.3 cm³/mol. The van der Waals surface area contributed by atoms with Crippen LogP contribution in [0.5, 0.6) is 11.5 Å². The summed E-state index contributed by atoms with van der Waals surface area (Å²) in [4.78, 5) is 11.7. The highest BCUT2D eigenvalue weighted by molar-refractivity contribution is 5.93. The van der Waals surface area contributed by atoms with Gasteiger partial charge in [-0.3, -0.25) is 4.79 Å². The summed E-state index contributed by atoms with van der Waals surface area (Å²) in [5.41, 5.74) is 2.19. The van der Waals surface area contributed by atoms with Crippen molar-refractivity contribution in [2.45, 2.75) is 26.7 Å². The fraction of sp³-hybridized carbons (Fsp3) is 0.312. The first-order valence-electron chi connectivity index (χ1n) is 6.39. The number of carbonyl (C=O) groups excluding carboxylic acids is 1. The van der Waals surface area contributed by atoms with E-state index >= 15 is 0 Å². The average molecular weight is 258 g/mol. The molecule has 0 amide bonds. The maximum absolute atomic E-state index is 11.7. The minimum absolute atomic E-state index is 0.134. The standard InChI is InChI=1S/C16H18O3/c1-12(2)4-3-5-14(17)8-6-13-7-9-15-16(10-13)19-11-18-15/h4,6-10H,3,5,11H2,1-2H3. The molecular weight excluding hydrogens is 240 g/mol. The third-order valence-electron chi connectivity index (χ3n) is 2.80. The van der Waals surface area contributed by atoms with Crippen molar-refractivity contribution in [2.24, 2.45) is 0 Å². The van der Waals surface area contributed by atoms with Crippen LogP contribution in [0.3, 0.4) is 0 Å². The summed E-state index contributed by atoms with van der Waals surface area (Å²) in [6.45, 7) is 4.34. The van der Waals surface area contributed by atoms with Crippen molar-refractivity contribution in [1.29, 1.82) is 0 Å². The molecule has 0 atom stereocenters. The zero-order valence-electron chi connectivity index (χ0n) is 11.3. The molecule has 2 rings (SSSR count). The van der Waals surface area contributed by atoms with E-state index in [1.165, 1.54) is 5.57 Å². The van der Waals surface area contributed by atoms with Gasteiger partial charge in [0.1, 0.15) is 0 Å². The smallest absolute Gasteiger partial charge is 0.231 e. The number of allylic oxidation sites excluding steroid dienone is 3. The summed E-state index contributed by atoms with van der Waals surface area (Å²) in [6, 6.07) is 5.64. The molecule has 0 fully saturated rings. The van der Waals surface area contributed by atoms with Gasteiger partial charge in [-0.05, 0) is 44.0 Å². The van der Waals surface area contributed by atoms with Crippen molar-refractivity contribution >= 4 is 11.9 Å². The molecule has 1 aromatic rings. The Labute approximate surface area is 113 Å². The predicted octanol–water partition coefficient (Wildman–Crippen LogP) is 3.74. The van der Waals surface area contributed by atoms with Crippen LogP contribution in [0.15, 0.2) is 35.9 Å². The molecule has 1 heterocycles. The van der Waals surface area contributed by atoms with Gasteiger partial charge in [-0.2, -0.15) is 0 Å². The second-order valence-electron chi connectivity index (χ2n) is 4.73. The Bertz CT molecular complexity index is 523. The first-order chi connectivity index (χ1) is 9.15. The van der Waals surface area contributed by atoms with Gasteiger partial charge < -0.3 is 9.47 Å². The molecule has 100 valence electrons. The molecule has 0 bridgehead atoms. The number of fused-ring (bicyclic) bond motifs is 1. The molecule has 0 N–H and O–H groups in total. The Hall–Kier alpha value is -2.03. The molecule has 19 heavy (non-hydrogen) atoms. The van der Waals surface area contributed by atoms with Gasteiger partial charge in [0, 0.05) is 6.42 Å². The molecule has 1 aromatic carbocycles. The van der Waals surface area contributed by atoms with E-state index in [1.807, 2.05) is 38.1 Å². The summed E-state index contributed by atoms with van der Waals surface area (Å²) in [7, 11) is 0. The van der Waals surface area contributed by atoms with Gasteiger partial charge in [-0.1, -0.05) is 23.8 Å². The lowest BCUT2D eigenvalue weighted by Crippen LogP contribution is -1.92. The minimum atomic E-state index is 0.134. The van der Waals surface area contributed by atoms with Gasteiger partial charge in [-0.15, -0.1) is 0 Å². The van der Waals surface area contributed by atoms with Gasteiger partial charge in [0.2, 0.25) is 6.79 Å². The molecule has 0 aliphatic carbocycles. The fourth-order valence-electron chi connectivity index (χ4n) is 1.79. The van der Waals surface area contributed by atoms with Crippen molar-refractivity contribution in [3.63, 3.8) is 0 Å². The first kappa shape index (κ1) is 13.4. The summed E-state index contributed by atoms with van der Waals surface area (Å²) >= 11 is 0. The first-order valence-corrected chi connectivity index (χ1v) is 6.39. The second-order valence-corrected chi connectivity index (χ2v) is 4.73. The van der Waals surface area contributed by atoms with E-state index in [-0.39, 0.29) is 12.6 Å². The SMILES string of the molecule is CC(C)=CCCC(=O)C=Cc1ccc2c(c1)OCO2. The fourth-order valence-corrected chi connectivity index (χ4v) is 1.79. The van der Waals surface area contributed by atoms with Crippen LogP contribution in [0.25, 0.3) is 6.08 Å². The normalized spacial score (nSPS) is 12.7. The Morgan fingerprint density at radius 3 is 2.84 bits per heavy atom. The molecule has 0 unspecified atom stereocenters. The molecule has 0 saturated carbocycles. The third kappa shape index (κ3) is 3.98. The van der Waals surface area contributed by atoms with Gasteiger partial charge in [0.25, 0.3) is 0 Å². The number of rotatable bonds is 5. The molecule has 0 aromatic heterocycles. The van der Waals surface area contributed by atoms with Crippen molar-refractivity contribution in [3.05, 3.63) is 41.5 Å². The Morgan fingerprint density at radius 2 is 2.05 bits per heavy atom. The van der Waals surface area contributed by atoms with Crippen LogP contribution in [0, 0.1) is 0 Å². The third-order valence-corrected chi connectivity index (χ3v) is 2.80. The van der Waals surface area contributed by atoms with E-state index in [2.05, 4.69) is 6.08 Å². The zero-order valence-corrected chi connectivity index (χ0v) is 11.3. The van der Waals surface area contributed by atoms with Crippen molar-refractivity contribution in [3.8, 4) is 11.5 Å². The zero-order chi connectivity index (χ0) is 13.7. The molecule has 3 nitrogen and oxygen atoms in total. The monoisotopic (exact) mass is 258 g/mol. The number of ether oxygens (including phenoxy) is 2. The molecular formula is C16H18O3. The maximum atomic E-state index is 11.7. The minimum Gasteiger partial charge on any atom is -0.454 e. The van der Waals surface area contributed by atoms with E-state index < -0.39 is 0 Å². The molecule has 1 aliphatic heterocycles. The van der Waals surface area contributed by atoms with E-state index in [0.717, 1.165) is 23.5 Å². The largest absolute Gasteiger partial charge is 0.454 e.